The predicted octanol–water partition coefficient (Wildman–Crippen LogP) is 1.52. The van der Waals surface area contributed by atoms with Gasteiger partial charge in [-0.05, 0) is 32.8 Å². The molecule has 1 N–H and O–H groups in total. The molecule has 1 aliphatic rings. The number of carboxylic acid groups (broad SMARTS) is 1. The SMILES string of the molecule is CC(C)N(CCC(=O)O)C(=O)c1cc(S(=O)(=O)N2CCCCC2)cn1C. The van der Waals surface area contributed by atoms with Gasteiger partial charge in [0.2, 0.25) is 10.0 Å². The van der Waals surface area contributed by atoms with Crippen LogP contribution < -0.4 is 0 Å². The number of sulfonamides is 1. The highest BCUT2D eigenvalue weighted by molar-refractivity contribution is 7.89. The molecule has 0 bridgehead atoms. The third-order valence-corrected chi connectivity index (χ3v) is 6.47. The van der Waals surface area contributed by atoms with Crippen LogP contribution >= 0.6 is 0 Å². The van der Waals surface area contributed by atoms with Crippen molar-refractivity contribution in [3.63, 3.8) is 0 Å². The standard InChI is InChI=1S/C17H27N3O5S/c1-13(2)20(10-7-16(21)22)17(23)15-11-14(12-18(15)3)26(24,25)19-8-5-4-6-9-19/h11-13H,4-10H2,1-3H3,(H,21,22). The molecule has 1 aliphatic heterocycles. The average Bonchev–Trinajstić information content (AvgIpc) is 2.97. The van der Waals surface area contributed by atoms with Gasteiger partial charge < -0.3 is 14.6 Å². The van der Waals surface area contributed by atoms with E-state index in [9.17, 15) is 18.0 Å². The number of carbonyl (C=O) groups excluding carboxylic acids is 1. The van der Waals surface area contributed by atoms with Crippen molar-refractivity contribution in [1.29, 1.82) is 0 Å². The van der Waals surface area contributed by atoms with E-state index in [4.69, 9.17) is 5.11 Å². The van der Waals surface area contributed by atoms with E-state index in [1.807, 2.05) is 0 Å². The van der Waals surface area contributed by atoms with Crippen LogP contribution in [0.5, 0.6) is 0 Å². The summed E-state index contributed by atoms with van der Waals surface area (Å²) in [6, 6.07) is 1.20. The minimum atomic E-state index is -3.62. The largest absolute Gasteiger partial charge is 0.481 e. The molecular weight excluding hydrogens is 358 g/mol. The maximum Gasteiger partial charge on any atom is 0.305 e. The number of nitrogens with zero attached hydrogens (tertiary/aromatic N) is 3. The molecule has 0 aliphatic carbocycles. The molecule has 2 rings (SSSR count). The third-order valence-electron chi connectivity index (χ3n) is 4.60. The summed E-state index contributed by atoms with van der Waals surface area (Å²) in [6.45, 7) is 4.67. The van der Waals surface area contributed by atoms with Gasteiger partial charge in [-0.3, -0.25) is 9.59 Å². The lowest BCUT2D eigenvalue weighted by atomic mass is 10.2. The summed E-state index contributed by atoms with van der Waals surface area (Å²) < 4.78 is 28.6. The number of aliphatic carboxylic acids is 1. The van der Waals surface area contributed by atoms with Gasteiger partial charge in [-0.15, -0.1) is 0 Å². The number of hydrogen-bond donors (Lipinski definition) is 1. The van der Waals surface area contributed by atoms with Gasteiger partial charge in [0, 0.05) is 38.9 Å². The fourth-order valence-corrected chi connectivity index (χ4v) is 4.69. The number of amides is 1. The van der Waals surface area contributed by atoms with Gasteiger partial charge in [-0.25, -0.2) is 8.42 Å². The van der Waals surface area contributed by atoms with E-state index in [1.54, 1.807) is 20.9 Å². The normalized spacial score (nSPS) is 16.0. The Kier molecular flexibility index (Phi) is 6.46. The fourth-order valence-electron chi connectivity index (χ4n) is 3.10. The molecule has 2 heterocycles. The van der Waals surface area contributed by atoms with Crippen LogP contribution in [0.4, 0.5) is 0 Å². The predicted molar refractivity (Wildman–Crippen MR) is 96.4 cm³/mol. The first-order chi connectivity index (χ1) is 12.1. The van der Waals surface area contributed by atoms with Crippen molar-refractivity contribution in [1.82, 2.24) is 13.8 Å². The molecular formula is C17H27N3O5S. The van der Waals surface area contributed by atoms with Gasteiger partial charge in [0.1, 0.15) is 10.6 Å². The number of rotatable bonds is 7. The van der Waals surface area contributed by atoms with Crippen molar-refractivity contribution < 1.29 is 23.1 Å². The second kappa shape index (κ2) is 8.22. The highest BCUT2D eigenvalue weighted by atomic mass is 32.2. The Labute approximate surface area is 154 Å². The topological polar surface area (TPSA) is 99.9 Å². The summed E-state index contributed by atoms with van der Waals surface area (Å²) in [5.74, 6) is -1.35. The van der Waals surface area contributed by atoms with Crippen molar-refractivity contribution in [3.8, 4) is 0 Å². The summed E-state index contributed by atoms with van der Waals surface area (Å²) >= 11 is 0. The highest BCUT2D eigenvalue weighted by Gasteiger charge is 2.30. The quantitative estimate of drug-likeness (QED) is 0.767. The number of hydrogen-bond acceptors (Lipinski definition) is 4. The number of aromatic nitrogens is 1. The van der Waals surface area contributed by atoms with Crippen LogP contribution in [-0.2, 0) is 21.9 Å². The molecule has 1 amide bonds. The number of piperidine rings is 1. The first kappa shape index (κ1) is 20.4. The Morgan fingerprint density at radius 2 is 1.85 bits per heavy atom. The van der Waals surface area contributed by atoms with E-state index in [0.29, 0.717) is 13.1 Å². The van der Waals surface area contributed by atoms with E-state index in [2.05, 4.69) is 0 Å². The smallest absolute Gasteiger partial charge is 0.305 e. The van der Waals surface area contributed by atoms with Crippen LogP contribution in [-0.4, -0.2) is 64.8 Å². The third kappa shape index (κ3) is 4.45. The number of aryl methyl sites for hydroxylation is 1. The maximum atomic E-state index is 12.8. The van der Waals surface area contributed by atoms with Crippen molar-refractivity contribution in [2.75, 3.05) is 19.6 Å². The molecule has 9 heteroatoms. The Bertz CT molecular complexity index is 763. The fraction of sp³-hybridized carbons (Fsp3) is 0.647. The Hall–Kier alpha value is -1.87. The van der Waals surface area contributed by atoms with Gasteiger partial charge in [0.05, 0.1) is 6.42 Å². The van der Waals surface area contributed by atoms with Gasteiger partial charge >= 0.3 is 5.97 Å². The van der Waals surface area contributed by atoms with Gasteiger partial charge in [0.15, 0.2) is 0 Å². The van der Waals surface area contributed by atoms with Crippen molar-refractivity contribution >= 4 is 21.9 Å². The summed E-state index contributed by atoms with van der Waals surface area (Å²) in [6.07, 6.45) is 4.00. The highest BCUT2D eigenvalue weighted by Crippen LogP contribution is 2.23. The summed E-state index contributed by atoms with van der Waals surface area (Å²) in [4.78, 5) is 25.2. The van der Waals surface area contributed by atoms with E-state index >= 15 is 0 Å². The van der Waals surface area contributed by atoms with Crippen molar-refractivity contribution in [2.45, 2.75) is 50.5 Å². The molecule has 8 nitrogen and oxygen atoms in total. The molecule has 0 spiro atoms. The molecule has 26 heavy (non-hydrogen) atoms. The van der Waals surface area contributed by atoms with E-state index in [1.165, 1.54) is 26.0 Å². The Morgan fingerprint density at radius 1 is 1.23 bits per heavy atom. The lowest BCUT2D eigenvalue weighted by Crippen LogP contribution is -2.39. The number of carbonyl (C=O) groups is 2. The van der Waals surface area contributed by atoms with Crippen LogP contribution in [0.1, 0.15) is 50.0 Å². The van der Waals surface area contributed by atoms with Crippen LogP contribution in [0.2, 0.25) is 0 Å². The molecule has 0 unspecified atom stereocenters. The summed E-state index contributed by atoms with van der Waals surface area (Å²) in [5, 5.41) is 8.88. The summed E-state index contributed by atoms with van der Waals surface area (Å²) in [7, 11) is -2.00. The lowest BCUT2D eigenvalue weighted by molar-refractivity contribution is -0.137. The molecule has 0 radical (unpaired) electrons. The van der Waals surface area contributed by atoms with E-state index < -0.39 is 16.0 Å². The van der Waals surface area contributed by atoms with Crippen LogP contribution in [0.25, 0.3) is 0 Å². The maximum absolute atomic E-state index is 12.8. The molecule has 1 aromatic rings. The minimum Gasteiger partial charge on any atom is -0.481 e. The number of carboxylic acids is 1. The minimum absolute atomic E-state index is 0.0746. The zero-order chi connectivity index (χ0) is 19.5. The molecule has 1 aromatic heterocycles. The lowest BCUT2D eigenvalue weighted by Gasteiger charge is -2.26. The Balaban J connectivity index is 2.27. The van der Waals surface area contributed by atoms with Crippen LogP contribution in [0.3, 0.4) is 0 Å². The Morgan fingerprint density at radius 3 is 2.38 bits per heavy atom. The molecule has 0 saturated carbocycles. The van der Waals surface area contributed by atoms with E-state index in [0.717, 1.165) is 19.3 Å². The monoisotopic (exact) mass is 385 g/mol. The first-order valence-electron chi connectivity index (χ1n) is 8.84. The van der Waals surface area contributed by atoms with Gasteiger partial charge in [-0.1, -0.05) is 6.42 Å². The second-order valence-electron chi connectivity index (χ2n) is 6.87. The average molecular weight is 385 g/mol. The van der Waals surface area contributed by atoms with Crippen molar-refractivity contribution in [3.05, 3.63) is 18.0 Å². The molecule has 146 valence electrons. The summed E-state index contributed by atoms with van der Waals surface area (Å²) in [5.41, 5.74) is 0.236. The molecule has 1 saturated heterocycles. The second-order valence-corrected chi connectivity index (χ2v) is 8.81. The molecule has 0 atom stereocenters. The zero-order valence-electron chi connectivity index (χ0n) is 15.5. The van der Waals surface area contributed by atoms with Gasteiger partial charge in [0.25, 0.3) is 5.91 Å². The molecule has 1 fully saturated rings. The zero-order valence-corrected chi connectivity index (χ0v) is 16.3. The van der Waals surface area contributed by atoms with Crippen molar-refractivity contribution in [2.24, 2.45) is 7.05 Å². The van der Waals surface area contributed by atoms with E-state index in [-0.39, 0.29) is 35.5 Å². The van der Waals surface area contributed by atoms with Gasteiger partial charge in [-0.2, -0.15) is 4.31 Å². The molecule has 0 aromatic carbocycles. The van der Waals surface area contributed by atoms with Crippen LogP contribution in [0, 0.1) is 0 Å². The van der Waals surface area contributed by atoms with Crippen LogP contribution in [0.15, 0.2) is 17.2 Å². The first-order valence-corrected chi connectivity index (χ1v) is 10.3.